The maximum Gasteiger partial charge on any atom is 0.387 e. The number of alkyl halides is 2. The van der Waals surface area contributed by atoms with Gasteiger partial charge in [0, 0.05) is 38.9 Å². The van der Waals surface area contributed by atoms with Gasteiger partial charge < -0.3 is 24.8 Å². The number of hydrogen-bond acceptors (Lipinski definition) is 4. The molecule has 0 aliphatic carbocycles. The zero-order chi connectivity index (χ0) is 17.8. The van der Waals surface area contributed by atoms with E-state index in [2.05, 4.69) is 20.4 Å². The van der Waals surface area contributed by atoms with Crippen LogP contribution in [0.5, 0.6) is 11.5 Å². The summed E-state index contributed by atoms with van der Waals surface area (Å²) in [6.07, 6.45) is 0.841. The smallest absolute Gasteiger partial charge is 0.387 e. The lowest BCUT2D eigenvalue weighted by molar-refractivity contribution is -0.0504. The van der Waals surface area contributed by atoms with E-state index in [1.165, 1.54) is 13.2 Å². The quantitative estimate of drug-likeness (QED) is 0.387. The Morgan fingerprint density at radius 2 is 2.08 bits per heavy atom. The van der Waals surface area contributed by atoms with Crippen molar-refractivity contribution in [3.8, 4) is 11.5 Å². The molecule has 1 aromatic carbocycles. The number of rotatable bonds is 10. The molecule has 0 aliphatic heterocycles. The van der Waals surface area contributed by atoms with Crippen LogP contribution in [-0.4, -0.2) is 46.5 Å². The molecule has 0 unspecified atom stereocenters. The fraction of sp³-hybridized carbons (Fsp3) is 0.562. The third kappa shape index (κ3) is 7.45. The Kier molecular flexibility index (Phi) is 9.52. The molecule has 0 atom stereocenters. The van der Waals surface area contributed by atoms with Gasteiger partial charge in [-0.2, -0.15) is 8.78 Å². The molecule has 24 heavy (non-hydrogen) atoms. The fourth-order valence-corrected chi connectivity index (χ4v) is 1.96. The number of guanidine groups is 1. The van der Waals surface area contributed by atoms with Crippen molar-refractivity contribution in [2.45, 2.75) is 26.5 Å². The van der Waals surface area contributed by atoms with Crippen molar-refractivity contribution < 1.29 is 23.0 Å². The number of hydrogen-bond donors (Lipinski definition) is 2. The molecule has 1 rings (SSSR count). The molecular weight excluding hydrogens is 320 g/mol. The molecule has 136 valence electrons. The van der Waals surface area contributed by atoms with E-state index >= 15 is 0 Å². The summed E-state index contributed by atoms with van der Waals surface area (Å²) in [5.74, 6) is 1.23. The molecule has 0 saturated carbocycles. The topological polar surface area (TPSA) is 64.1 Å². The predicted molar refractivity (Wildman–Crippen MR) is 88.9 cm³/mol. The Balaban J connectivity index is 2.59. The minimum Gasteiger partial charge on any atom is -0.497 e. The van der Waals surface area contributed by atoms with E-state index in [-0.39, 0.29) is 12.3 Å². The minimum atomic E-state index is -2.88. The molecule has 0 aromatic heterocycles. The zero-order valence-electron chi connectivity index (χ0n) is 14.3. The van der Waals surface area contributed by atoms with Crippen LogP contribution in [0, 0.1) is 0 Å². The van der Waals surface area contributed by atoms with Gasteiger partial charge in [-0.15, -0.1) is 0 Å². The molecule has 0 radical (unpaired) electrons. The van der Waals surface area contributed by atoms with Gasteiger partial charge in [0.05, 0.1) is 7.11 Å². The summed E-state index contributed by atoms with van der Waals surface area (Å²) < 4.78 is 39.9. The molecule has 0 aliphatic rings. The highest BCUT2D eigenvalue weighted by molar-refractivity contribution is 5.79. The number of aliphatic imine (C=N–C) groups is 1. The average Bonchev–Trinajstić information content (AvgIpc) is 2.58. The Morgan fingerprint density at radius 1 is 1.29 bits per heavy atom. The Labute approximate surface area is 141 Å². The predicted octanol–water partition coefficient (Wildman–Crippen LogP) is 2.39. The fourth-order valence-electron chi connectivity index (χ4n) is 1.96. The van der Waals surface area contributed by atoms with Crippen molar-refractivity contribution in [3.05, 3.63) is 23.8 Å². The maximum atomic E-state index is 12.5. The highest BCUT2D eigenvalue weighted by Crippen LogP contribution is 2.25. The zero-order valence-corrected chi connectivity index (χ0v) is 14.3. The summed E-state index contributed by atoms with van der Waals surface area (Å²) in [6.45, 7) is 1.38. The SMILES string of the molecule is CCOCCCNC(=NC)NCc1cc(OC)ccc1OC(F)F. The van der Waals surface area contributed by atoms with Crippen molar-refractivity contribution >= 4 is 5.96 Å². The van der Waals surface area contributed by atoms with Gasteiger partial charge in [-0.3, -0.25) is 4.99 Å². The van der Waals surface area contributed by atoms with Crippen molar-refractivity contribution in [3.63, 3.8) is 0 Å². The first kappa shape index (κ1) is 20.0. The molecule has 0 spiro atoms. The van der Waals surface area contributed by atoms with Gasteiger partial charge >= 0.3 is 6.61 Å². The van der Waals surface area contributed by atoms with Crippen LogP contribution in [-0.2, 0) is 11.3 Å². The van der Waals surface area contributed by atoms with Crippen LogP contribution in [0.4, 0.5) is 8.78 Å². The molecule has 1 aromatic rings. The highest BCUT2D eigenvalue weighted by Gasteiger charge is 2.11. The van der Waals surface area contributed by atoms with Gasteiger partial charge in [0.25, 0.3) is 0 Å². The van der Waals surface area contributed by atoms with Crippen LogP contribution < -0.4 is 20.1 Å². The van der Waals surface area contributed by atoms with Gasteiger partial charge in [-0.25, -0.2) is 0 Å². The summed E-state index contributed by atoms with van der Waals surface area (Å²) in [5.41, 5.74) is 0.548. The number of nitrogens with one attached hydrogen (secondary N) is 2. The van der Waals surface area contributed by atoms with Gasteiger partial charge in [0.1, 0.15) is 11.5 Å². The number of nitrogens with zero attached hydrogens (tertiary/aromatic N) is 1. The summed E-state index contributed by atoms with van der Waals surface area (Å²) in [5, 5.41) is 6.19. The molecule has 0 fully saturated rings. The first-order valence-corrected chi connectivity index (χ1v) is 7.74. The third-order valence-corrected chi connectivity index (χ3v) is 3.12. The Hall–Kier alpha value is -2.09. The average molecular weight is 345 g/mol. The van der Waals surface area contributed by atoms with Crippen molar-refractivity contribution in [1.82, 2.24) is 10.6 Å². The standard InChI is InChI=1S/C16H25F2N3O3/c1-4-23-9-5-8-20-16(19-2)21-11-12-10-13(22-3)6-7-14(12)24-15(17)18/h6-7,10,15H,4-5,8-9,11H2,1-3H3,(H2,19,20,21). The second kappa shape index (κ2) is 11.4. The lowest BCUT2D eigenvalue weighted by Crippen LogP contribution is -2.37. The monoisotopic (exact) mass is 345 g/mol. The van der Waals surface area contributed by atoms with Crippen LogP contribution in [0.15, 0.2) is 23.2 Å². The van der Waals surface area contributed by atoms with E-state index < -0.39 is 6.61 Å². The van der Waals surface area contributed by atoms with E-state index in [9.17, 15) is 8.78 Å². The molecule has 8 heteroatoms. The Bertz CT molecular complexity index is 513. The van der Waals surface area contributed by atoms with E-state index in [0.29, 0.717) is 37.0 Å². The summed E-state index contributed by atoms with van der Waals surface area (Å²) in [4.78, 5) is 4.09. The largest absolute Gasteiger partial charge is 0.497 e. The minimum absolute atomic E-state index is 0.102. The molecule has 0 amide bonds. The number of methoxy groups -OCH3 is 1. The number of benzene rings is 1. The molecule has 2 N–H and O–H groups in total. The van der Waals surface area contributed by atoms with Crippen LogP contribution in [0.25, 0.3) is 0 Å². The lowest BCUT2D eigenvalue weighted by atomic mass is 10.2. The van der Waals surface area contributed by atoms with E-state index in [1.807, 2.05) is 6.92 Å². The maximum absolute atomic E-state index is 12.5. The van der Waals surface area contributed by atoms with Crippen LogP contribution in [0.3, 0.4) is 0 Å². The molecular formula is C16H25F2N3O3. The number of halogens is 2. The van der Waals surface area contributed by atoms with Gasteiger partial charge in [-0.1, -0.05) is 0 Å². The summed E-state index contributed by atoms with van der Waals surface area (Å²) in [7, 11) is 3.15. The molecule has 0 saturated heterocycles. The first-order valence-electron chi connectivity index (χ1n) is 7.74. The second-order valence-electron chi connectivity index (χ2n) is 4.76. The lowest BCUT2D eigenvalue weighted by Gasteiger charge is -2.15. The van der Waals surface area contributed by atoms with E-state index in [4.69, 9.17) is 9.47 Å². The third-order valence-electron chi connectivity index (χ3n) is 3.12. The van der Waals surface area contributed by atoms with Gasteiger partial charge in [-0.05, 0) is 31.5 Å². The molecule has 0 heterocycles. The first-order chi connectivity index (χ1) is 11.6. The van der Waals surface area contributed by atoms with Crippen molar-refractivity contribution in [2.24, 2.45) is 4.99 Å². The normalized spacial score (nSPS) is 11.5. The Morgan fingerprint density at radius 3 is 2.71 bits per heavy atom. The number of ether oxygens (including phenoxy) is 3. The van der Waals surface area contributed by atoms with Crippen molar-refractivity contribution in [2.75, 3.05) is 33.9 Å². The van der Waals surface area contributed by atoms with E-state index in [0.717, 1.165) is 6.42 Å². The van der Waals surface area contributed by atoms with Gasteiger partial charge in [0.15, 0.2) is 5.96 Å². The van der Waals surface area contributed by atoms with Crippen molar-refractivity contribution in [1.29, 1.82) is 0 Å². The second-order valence-corrected chi connectivity index (χ2v) is 4.76. The molecule has 6 nitrogen and oxygen atoms in total. The van der Waals surface area contributed by atoms with E-state index in [1.54, 1.807) is 19.2 Å². The van der Waals surface area contributed by atoms with Crippen LogP contribution >= 0.6 is 0 Å². The highest BCUT2D eigenvalue weighted by atomic mass is 19.3. The van der Waals surface area contributed by atoms with Crippen LogP contribution in [0.1, 0.15) is 18.9 Å². The summed E-state index contributed by atoms with van der Waals surface area (Å²) in [6, 6.07) is 4.68. The summed E-state index contributed by atoms with van der Waals surface area (Å²) >= 11 is 0. The van der Waals surface area contributed by atoms with Gasteiger partial charge in [0.2, 0.25) is 0 Å². The van der Waals surface area contributed by atoms with Crippen LogP contribution in [0.2, 0.25) is 0 Å². The molecule has 0 bridgehead atoms.